The van der Waals surface area contributed by atoms with Crippen LogP contribution in [-0.4, -0.2) is 68.8 Å². The molecule has 1 saturated heterocycles. The number of rotatable bonds is 8. The lowest BCUT2D eigenvalue weighted by atomic mass is 10.0. The highest BCUT2D eigenvalue weighted by Gasteiger charge is 2.29. The van der Waals surface area contributed by atoms with Crippen molar-refractivity contribution in [3.05, 3.63) is 53.6 Å². The van der Waals surface area contributed by atoms with Crippen molar-refractivity contribution >= 4 is 42.6 Å². The SMILES string of the molecule is Cc1cccc2sc(N(CCCN(C)C)C(=O)c3ccc(S(=O)(=O)N4CCCC(C)C4)cc3)nc12. The van der Waals surface area contributed by atoms with Crippen molar-refractivity contribution in [1.29, 1.82) is 0 Å². The van der Waals surface area contributed by atoms with E-state index in [1.807, 2.05) is 39.2 Å². The molecule has 1 atom stereocenters. The van der Waals surface area contributed by atoms with Gasteiger partial charge in [-0.05, 0) is 88.6 Å². The van der Waals surface area contributed by atoms with Crippen LogP contribution in [0.15, 0.2) is 47.4 Å². The second kappa shape index (κ2) is 10.7. The predicted molar refractivity (Wildman–Crippen MR) is 143 cm³/mol. The third kappa shape index (κ3) is 5.74. The van der Waals surface area contributed by atoms with E-state index < -0.39 is 10.0 Å². The van der Waals surface area contributed by atoms with Crippen LogP contribution in [0.3, 0.4) is 0 Å². The van der Waals surface area contributed by atoms with Crippen LogP contribution < -0.4 is 4.90 Å². The summed E-state index contributed by atoms with van der Waals surface area (Å²) in [6.45, 7) is 6.56. The van der Waals surface area contributed by atoms with Gasteiger partial charge in [0, 0.05) is 25.2 Å². The molecule has 2 aromatic carbocycles. The molecule has 1 aliphatic heterocycles. The summed E-state index contributed by atoms with van der Waals surface area (Å²) in [5.74, 6) is 0.184. The van der Waals surface area contributed by atoms with E-state index >= 15 is 0 Å². The molecule has 3 aromatic rings. The number of piperidine rings is 1. The van der Waals surface area contributed by atoms with Crippen LogP contribution in [0.2, 0.25) is 0 Å². The maximum absolute atomic E-state index is 13.6. The van der Waals surface area contributed by atoms with Gasteiger partial charge in [0.05, 0.1) is 15.1 Å². The molecule has 0 spiro atoms. The molecule has 1 unspecified atom stereocenters. The summed E-state index contributed by atoms with van der Waals surface area (Å²) in [6, 6.07) is 12.4. The second-order valence-corrected chi connectivity index (χ2v) is 12.6. The Labute approximate surface area is 212 Å². The number of para-hydroxylation sites is 1. The number of anilines is 1. The summed E-state index contributed by atoms with van der Waals surface area (Å²) in [5, 5.41) is 0.664. The second-order valence-electron chi connectivity index (χ2n) is 9.67. The number of nitrogens with zero attached hydrogens (tertiary/aromatic N) is 4. The maximum atomic E-state index is 13.6. The van der Waals surface area contributed by atoms with Crippen molar-refractivity contribution in [3.63, 3.8) is 0 Å². The summed E-state index contributed by atoms with van der Waals surface area (Å²) in [5.41, 5.74) is 2.44. The van der Waals surface area contributed by atoms with Crippen molar-refractivity contribution in [1.82, 2.24) is 14.2 Å². The van der Waals surface area contributed by atoms with E-state index in [0.717, 1.165) is 41.6 Å². The third-order valence-corrected chi connectivity index (χ3v) is 9.35. The number of benzene rings is 2. The fourth-order valence-electron chi connectivity index (χ4n) is 4.46. The Morgan fingerprint density at radius 3 is 2.54 bits per heavy atom. The summed E-state index contributed by atoms with van der Waals surface area (Å²) in [4.78, 5) is 22.4. The molecule has 188 valence electrons. The molecule has 1 fully saturated rings. The zero-order chi connectivity index (χ0) is 25.2. The predicted octanol–water partition coefficient (Wildman–Crippen LogP) is 4.62. The van der Waals surface area contributed by atoms with Crippen LogP contribution in [0.25, 0.3) is 10.2 Å². The van der Waals surface area contributed by atoms with Gasteiger partial charge in [-0.25, -0.2) is 13.4 Å². The Kier molecular flexibility index (Phi) is 7.90. The number of aromatic nitrogens is 1. The fourth-order valence-corrected chi connectivity index (χ4v) is 7.12. The number of hydrogen-bond donors (Lipinski definition) is 0. The monoisotopic (exact) mass is 514 g/mol. The number of amides is 1. The van der Waals surface area contributed by atoms with Gasteiger partial charge in [-0.15, -0.1) is 0 Å². The van der Waals surface area contributed by atoms with Crippen LogP contribution in [0, 0.1) is 12.8 Å². The minimum Gasteiger partial charge on any atom is -0.309 e. The third-order valence-electron chi connectivity index (χ3n) is 6.43. The number of fused-ring (bicyclic) bond motifs is 1. The Hall–Kier alpha value is -2.33. The first kappa shape index (κ1) is 25.8. The van der Waals surface area contributed by atoms with E-state index in [1.165, 1.54) is 11.3 Å². The number of carbonyl (C=O) groups excluding carboxylic acids is 1. The van der Waals surface area contributed by atoms with Crippen LogP contribution in [0.1, 0.15) is 42.1 Å². The van der Waals surface area contributed by atoms with Gasteiger partial charge in [-0.2, -0.15) is 4.31 Å². The molecule has 35 heavy (non-hydrogen) atoms. The number of thiazole rings is 1. The van der Waals surface area contributed by atoms with Crippen molar-refractivity contribution in [3.8, 4) is 0 Å². The molecule has 1 aromatic heterocycles. The number of carbonyl (C=O) groups is 1. The molecular weight excluding hydrogens is 480 g/mol. The summed E-state index contributed by atoms with van der Waals surface area (Å²) >= 11 is 1.51. The lowest BCUT2D eigenvalue weighted by Gasteiger charge is -2.30. The highest BCUT2D eigenvalue weighted by molar-refractivity contribution is 7.89. The molecule has 1 aliphatic rings. The van der Waals surface area contributed by atoms with Crippen LogP contribution in [0.4, 0.5) is 5.13 Å². The number of sulfonamides is 1. The minimum absolute atomic E-state index is 0.170. The van der Waals surface area contributed by atoms with Gasteiger partial charge in [-0.1, -0.05) is 30.4 Å². The zero-order valence-corrected chi connectivity index (χ0v) is 22.5. The standard InChI is InChI=1S/C26H34N4O3S2/c1-19-8-6-16-29(18-19)35(32,33)22-13-11-21(12-14-22)25(31)30(17-7-15-28(3)4)26-27-24-20(2)9-5-10-23(24)34-26/h5,9-14,19H,6-8,15-18H2,1-4H3. The summed E-state index contributed by atoms with van der Waals surface area (Å²) in [7, 11) is 0.456. The van der Waals surface area contributed by atoms with Gasteiger partial charge in [0.1, 0.15) is 0 Å². The lowest BCUT2D eigenvalue weighted by molar-refractivity contribution is 0.0986. The largest absolute Gasteiger partial charge is 0.309 e. The van der Waals surface area contributed by atoms with Crippen LogP contribution in [-0.2, 0) is 10.0 Å². The molecule has 0 radical (unpaired) electrons. The van der Waals surface area contributed by atoms with E-state index in [1.54, 1.807) is 33.5 Å². The maximum Gasteiger partial charge on any atom is 0.260 e. The molecule has 0 saturated carbocycles. The Morgan fingerprint density at radius 2 is 1.89 bits per heavy atom. The highest BCUT2D eigenvalue weighted by atomic mass is 32.2. The van der Waals surface area contributed by atoms with Gasteiger partial charge in [0.15, 0.2) is 5.13 Å². The molecule has 1 amide bonds. The first-order valence-corrected chi connectivity index (χ1v) is 14.4. The quantitative estimate of drug-likeness (QED) is 0.438. The summed E-state index contributed by atoms with van der Waals surface area (Å²) < 4.78 is 28.9. The average Bonchev–Trinajstić information content (AvgIpc) is 3.27. The van der Waals surface area contributed by atoms with Gasteiger partial charge < -0.3 is 4.90 Å². The minimum atomic E-state index is -3.56. The van der Waals surface area contributed by atoms with Gasteiger partial charge in [0.25, 0.3) is 5.91 Å². The van der Waals surface area contributed by atoms with E-state index in [2.05, 4.69) is 11.8 Å². The molecule has 9 heteroatoms. The van der Waals surface area contributed by atoms with Gasteiger partial charge in [-0.3, -0.25) is 9.69 Å². The van der Waals surface area contributed by atoms with E-state index in [0.29, 0.717) is 36.2 Å². The molecule has 2 heterocycles. The Bertz CT molecular complexity index is 1290. The first-order valence-electron chi connectivity index (χ1n) is 12.1. The average molecular weight is 515 g/mol. The van der Waals surface area contributed by atoms with Crippen LogP contribution in [0.5, 0.6) is 0 Å². The number of hydrogen-bond acceptors (Lipinski definition) is 6. The van der Waals surface area contributed by atoms with Crippen molar-refractivity contribution in [2.24, 2.45) is 5.92 Å². The van der Waals surface area contributed by atoms with Gasteiger partial charge in [0.2, 0.25) is 10.0 Å². The molecule has 0 bridgehead atoms. The van der Waals surface area contributed by atoms with Gasteiger partial charge >= 0.3 is 0 Å². The van der Waals surface area contributed by atoms with Crippen molar-refractivity contribution in [2.75, 3.05) is 45.2 Å². The van der Waals surface area contributed by atoms with E-state index in [-0.39, 0.29) is 10.8 Å². The van der Waals surface area contributed by atoms with Crippen molar-refractivity contribution in [2.45, 2.75) is 38.0 Å². The lowest BCUT2D eigenvalue weighted by Crippen LogP contribution is -2.39. The normalized spacial score (nSPS) is 17.2. The molecular formula is C26H34N4O3S2. The Balaban J connectivity index is 1.60. The Morgan fingerprint density at radius 1 is 1.14 bits per heavy atom. The zero-order valence-electron chi connectivity index (χ0n) is 20.9. The topological polar surface area (TPSA) is 73.8 Å². The van der Waals surface area contributed by atoms with Crippen molar-refractivity contribution < 1.29 is 13.2 Å². The van der Waals surface area contributed by atoms with E-state index in [4.69, 9.17) is 4.98 Å². The molecule has 0 N–H and O–H groups in total. The molecule has 4 rings (SSSR count). The smallest absolute Gasteiger partial charge is 0.260 e. The first-order chi connectivity index (χ1) is 16.7. The molecule has 7 nitrogen and oxygen atoms in total. The fraction of sp³-hybridized carbons (Fsp3) is 0.462. The van der Waals surface area contributed by atoms with E-state index in [9.17, 15) is 13.2 Å². The number of aryl methyl sites for hydroxylation is 1. The molecule has 0 aliphatic carbocycles. The highest BCUT2D eigenvalue weighted by Crippen LogP contribution is 2.32. The summed E-state index contributed by atoms with van der Waals surface area (Å²) in [6.07, 6.45) is 2.72. The van der Waals surface area contributed by atoms with Crippen LogP contribution >= 0.6 is 11.3 Å².